The number of hydrogen-bond acceptors (Lipinski definition) is 2. The van der Waals surface area contributed by atoms with Gasteiger partial charge in [0.05, 0.1) is 10.6 Å². The second-order valence-electron chi connectivity index (χ2n) is 6.20. The van der Waals surface area contributed by atoms with E-state index in [2.05, 4.69) is 38.0 Å². The van der Waals surface area contributed by atoms with E-state index in [-0.39, 0.29) is 21.9 Å². The lowest BCUT2D eigenvalue weighted by atomic mass is 10.0. The fraction of sp³-hybridized carbons (Fsp3) is 0.571. The predicted molar refractivity (Wildman–Crippen MR) is 77.6 cm³/mol. The molecule has 0 atom stereocenters. The molecule has 0 aromatic carbocycles. The minimum absolute atomic E-state index is 0.162. The summed E-state index contributed by atoms with van der Waals surface area (Å²) in [6.45, 7) is 9.57. The topological polar surface area (TPSA) is 42.0 Å². The molecule has 104 valence electrons. The van der Waals surface area contributed by atoms with Crippen molar-refractivity contribution in [1.29, 1.82) is 0 Å². The summed E-state index contributed by atoms with van der Waals surface area (Å²) in [6.07, 6.45) is 1.44. The molecule has 1 heterocycles. The third-order valence-corrected chi connectivity index (χ3v) is 5.53. The summed E-state index contributed by atoms with van der Waals surface area (Å²) in [4.78, 5) is 15.9. The Morgan fingerprint density at radius 2 is 1.89 bits per heavy atom. The Morgan fingerprint density at radius 1 is 1.32 bits per heavy atom. The smallest absolute Gasteiger partial charge is 0.252 e. The van der Waals surface area contributed by atoms with Crippen LogP contribution in [0.3, 0.4) is 0 Å². The van der Waals surface area contributed by atoms with Crippen LogP contribution in [0.1, 0.15) is 38.1 Å². The first-order valence-electron chi connectivity index (χ1n) is 6.27. The van der Waals surface area contributed by atoms with Gasteiger partial charge in [-0.15, -0.1) is 0 Å². The molecular formula is C14H18Cl2N2O. The van der Waals surface area contributed by atoms with Gasteiger partial charge >= 0.3 is 0 Å². The van der Waals surface area contributed by atoms with Gasteiger partial charge in [-0.2, -0.15) is 0 Å². The lowest BCUT2D eigenvalue weighted by Crippen LogP contribution is -2.27. The Kier molecular flexibility index (Phi) is 3.56. The van der Waals surface area contributed by atoms with Crippen LogP contribution >= 0.6 is 23.2 Å². The van der Waals surface area contributed by atoms with Crippen LogP contribution in [0, 0.1) is 16.7 Å². The minimum Gasteiger partial charge on any atom is -0.352 e. The maximum atomic E-state index is 12.0. The zero-order valence-electron chi connectivity index (χ0n) is 11.6. The first kappa shape index (κ1) is 14.6. The van der Waals surface area contributed by atoms with Crippen molar-refractivity contribution < 1.29 is 4.79 Å². The Bertz CT molecular complexity index is 512. The quantitative estimate of drug-likeness (QED) is 0.863. The molecule has 1 aliphatic carbocycles. The van der Waals surface area contributed by atoms with Gasteiger partial charge in [-0.1, -0.05) is 50.9 Å². The summed E-state index contributed by atoms with van der Waals surface area (Å²) in [5.41, 5.74) is 0.956. The van der Waals surface area contributed by atoms with Gasteiger partial charge < -0.3 is 5.32 Å². The molecule has 0 aliphatic heterocycles. The van der Waals surface area contributed by atoms with Crippen molar-refractivity contribution in [3.05, 3.63) is 28.0 Å². The molecule has 0 bridgehead atoms. The zero-order valence-corrected chi connectivity index (χ0v) is 13.1. The summed E-state index contributed by atoms with van der Waals surface area (Å²) in [6, 6.07) is 1.54. The SMILES string of the molecule is CC1(C)C(CNC(=O)c2cnc(Cl)c(Cl)c2)C1(C)C. The number of carbonyl (C=O) groups is 1. The maximum Gasteiger partial charge on any atom is 0.252 e. The van der Waals surface area contributed by atoms with E-state index in [0.717, 1.165) is 0 Å². The summed E-state index contributed by atoms with van der Waals surface area (Å²) < 4.78 is 0. The number of nitrogens with one attached hydrogen (secondary N) is 1. The van der Waals surface area contributed by atoms with E-state index in [1.54, 1.807) is 0 Å². The molecule has 1 fully saturated rings. The average molecular weight is 301 g/mol. The number of nitrogens with zero attached hydrogens (tertiary/aromatic N) is 1. The molecule has 1 aromatic rings. The van der Waals surface area contributed by atoms with Crippen molar-refractivity contribution >= 4 is 29.1 Å². The van der Waals surface area contributed by atoms with Crippen molar-refractivity contribution in [3.63, 3.8) is 0 Å². The number of hydrogen-bond donors (Lipinski definition) is 1. The molecule has 5 heteroatoms. The van der Waals surface area contributed by atoms with E-state index in [4.69, 9.17) is 23.2 Å². The number of pyridine rings is 1. The molecule has 1 N–H and O–H groups in total. The van der Waals surface area contributed by atoms with Crippen molar-refractivity contribution in [1.82, 2.24) is 10.3 Å². The molecule has 1 saturated carbocycles. The Labute approximate surface area is 123 Å². The van der Waals surface area contributed by atoms with E-state index in [0.29, 0.717) is 23.0 Å². The first-order valence-corrected chi connectivity index (χ1v) is 7.03. The van der Waals surface area contributed by atoms with Crippen LogP contribution in [0.15, 0.2) is 12.3 Å². The average Bonchev–Trinajstić information content (AvgIpc) is 2.70. The van der Waals surface area contributed by atoms with Gasteiger partial charge in [0.2, 0.25) is 0 Å². The van der Waals surface area contributed by atoms with E-state index in [1.807, 2.05) is 0 Å². The van der Waals surface area contributed by atoms with Crippen molar-refractivity contribution in [2.45, 2.75) is 27.7 Å². The highest BCUT2D eigenvalue weighted by atomic mass is 35.5. The molecule has 1 aliphatic rings. The summed E-state index contributed by atoms with van der Waals surface area (Å²) in [7, 11) is 0. The normalized spacial score (nSPS) is 20.1. The van der Waals surface area contributed by atoms with Crippen LogP contribution in [0.5, 0.6) is 0 Å². The van der Waals surface area contributed by atoms with Crippen LogP contribution < -0.4 is 5.32 Å². The van der Waals surface area contributed by atoms with E-state index >= 15 is 0 Å². The molecular weight excluding hydrogens is 283 g/mol. The molecule has 0 unspecified atom stereocenters. The molecule has 0 radical (unpaired) electrons. The molecule has 0 saturated heterocycles. The first-order chi connectivity index (χ1) is 8.68. The molecule has 1 aromatic heterocycles. The van der Waals surface area contributed by atoms with Gasteiger partial charge in [0.15, 0.2) is 0 Å². The largest absolute Gasteiger partial charge is 0.352 e. The van der Waals surface area contributed by atoms with Crippen LogP contribution in [0.4, 0.5) is 0 Å². The van der Waals surface area contributed by atoms with Crippen LogP contribution in [-0.4, -0.2) is 17.4 Å². The number of halogens is 2. The van der Waals surface area contributed by atoms with Crippen LogP contribution in [0.2, 0.25) is 10.2 Å². The molecule has 1 amide bonds. The minimum atomic E-state index is -0.162. The second-order valence-corrected chi connectivity index (χ2v) is 6.97. The molecule has 19 heavy (non-hydrogen) atoms. The lowest BCUT2D eigenvalue weighted by molar-refractivity contribution is 0.0949. The fourth-order valence-corrected chi connectivity index (χ4v) is 2.96. The standard InChI is InChI=1S/C14H18Cl2N2O/c1-13(2)10(14(13,3)4)7-18-12(19)8-5-9(15)11(16)17-6-8/h5-6,10H,7H2,1-4H3,(H,18,19). The molecule has 3 nitrogen and oxygen atoms in total. The van der Waals surface area contributed by atoms with Gasteiger partial charge in [-0.3, -0.25) is 4.79 Å². The third-order valence-electron chi connectivity index (χ3n) is 4.84. The van der Waals surface area contributed by atoms with Crippen molar-refractivity contribution in [2.24, 2.45) is 16.7 Å². The van der Waals surface area contributed by atoms with E-state index in [1.165, 1.54) is 12.3 Å². The van der Waals surface area contributed by atoms with Crippen LogP contribution in [0.25, 0.3) is 0 Å². The second kappa shape index (κ2) is 4.64. The monoisotopic (exact) mass is 300 g/mol. The van der Waals surface area contributed by atoms with Gasteiger partial charge in [-0.05, 0) is 22.8 Å². The summed E-state index contributed by atoms with van der Waals surface area (Å²) in [5, 5.41) is 3.44. The Hall–Kier alpha value is -0.800. The fourth-order valence-electron chi connectivity index (χ4n) is 2.69. The Morgan fingerprint density at radius 3 is 2.37 bits per heavy atom. The lowest BCUT2D eigenvalue weighted by Gasteiger charge is -2.07. The Balaban J connectivity index is 1.98. The molecule has 0 spiro atoms. The summed E-state index contributed by atoms with van der Waals surface area (Å²) in [5.74, 6) is 0.323. The highest BCUT2D eigenvalue weighted by Crippen LogP contribution is 2.67. The van der Waals surface area contributed by atoms with Crippen molar-refractivity contribution in [3.8, 4) is 0 Å². The van der Waals surface area contributed by atoms with E-state index in [9.17, 15) is 4.79 Å². The summed E-state index contributed by atoms with van der Waals surface area (Å²) >= 11 is 11.6. The molecule has 2 rings (SSSR count). The van der Waals surface area contributed by atoms with Crippen molar-refractivity contribution in [2.75, 3.05) is 6.54 Å². The van der Waals surface area contributed by atoms with Gasteiger partial charge in [0.25, 0.3) is 5.91 Å². The number of rotatable bonds is 3. The predicted octanol–water partition coefficient (Wildman–Crippen LogP) is 3.80. The zero-order chi connectivity index (χ0) is 14.4. The van der Waals surface area contributed by atoms with Gasteiger partial charge in [0, 0.05) is 12.7 Å². The third kappa shape index (κ3) is 2.46. The number of amides is 1. The number of carbonyl (C=O) groups excluding carboxylic acids is 1. The maximum absolute atomic E-state index is 12.0. The number of aromatic nitrogens is 1. The van der Waals surface area contributed by atoms with Gasteiger partial charge in [0.1, 0.15) is 5.15 Å². The van der Waals surface area contributed by atoms with E-state index < -0.39 is 0 Å². The highest BCUT2D eigenvalue weighted by molar-refractivity contribution is 6.41. The highest BCUT2D eigenvalue weighted by Gasteiger charge is 2.64. The van der Waals surface area contributed by atoms with Gasteiger partial charge in [-0.25, -0.2) is 4.98 Å². The van der Waals surface area contributed by atoms with Crippen LogP contribution in [-0.2, 0) is 0 Å².